The standard InChI is InChI=1S/C22H26N4O4S/c1-30-15-12-23-31(28,29)18-8-6-17(7-9-18)22(27)26-13-10-16(11-14-26)21-24-19-4-2-3-5-20(19)25-21/h2-9,16,23H,10-15H2,1H3,(H,24,25). The van der Waals surface area contributed by atoms with E-state index in [0.29, 0.717) is 31.2 Å². The number of aromatic amines is 1. The molecule has 1 fully saturated rings. The van der Waals surface area contributed by atoms with Gasteiger partial charge in [0.2, 0.25) is 10.0 Å². The first-order chi connectivity index (χ1) is 15.0. The van der Waals surface area contributed by atoms with Crippen molar-refractivity contribution >= 4 is 27.0 Å². The number of aromatic nitrogens is 2. The number of ether oxygens (including phenoxy) is 1. The van der Waals surface area contributed by atoms with Crippen LogP contribution in [0.1, 0.15) is 34.9 Å². The van der Waals surface area contributed by atoms with Gasteiger partial charge in [-0.2, -0.15) is 0 Å². The van der Waals surface area contributed by atoms with Crippen LogP contribution in [0.2, 0.25) is 0 Å². The Bertz CT molecular complexity index is 1120. The van der Waals surface area contributed by atoms with Gasteiger partial charge in [0.05, 0.1) is 22.5 Å². The minimum Gasteiger partial charge on any atom is -0.383 e. The van der Waals surface area contributed by atoms with E-state index < -0.39 is 10.0 Å². The van der Waals surface area contributed by atoms with Crippen LogP contribution >= 0.6 is 0 Å². The number of nitrogens with one attached hydrogen (secondary N) is 2. The van der Waals surface area contributed by atoms with Crippen molar-refractivity contribution in [3.63, 3.8) is 0 Å². The smallest absolute Gasteiger partial charge is 0.253 e. The second-order valence-corrected chi connectivity index (χ2v) is 9.39. The second kappa shape index (κ2) is 9.17. The molecule has 1 amide bonds. The Morgan fingerprint density at radius 3 is 2.55 bits per heavy atom. The van der Waals surface area contributed by atoms with Gasteiger partial charge in [0, 0.05) is 38.2 Å². The molecule has 2 N–H and O–H groups in total. The molecule has 3 aromatic rings. The van der Waals surface area contributed by atoms with E-state index in [-0.39, 0.29) is 17.3 Å². The third kappa shape index (κ3) is 4.79. The van der Waals surface area contributed by atoms with Crippen molar-refractivity contribution in [2.75, 3.05) is 33.4 Å². The van der Waals surface area contributed by atoms with Gasteiger partial charge in [0.15, 0.2) is 0 Å². The minimum atomic E-state index is -3.61. The van der Waals surface area contributed by atoms with Crippen LogP contribution in [-0.4, -0.2) is 62.5 Å². The first kappa shape index (κ1) is 21.5. The summed E-state index contributed by atoms with van der Waals surface area (Å²) < 4.78 is 31.8. The Kier molecular flexibility index (Phi) is 6.35. The number of piperidine rings is 1. The molecule has 0 bridgehead atoms. The van der Waals surface area contributed by atoms with E-state index in [9.17, 15) is 13.2 Å². The van der Waals surface area contributed by atoms with E-state index >= 15 is 0 Å². The number of methoxy groups -OCH3 is 1. The first-order valence-corrected chi connectivity index (χ1v) is 11.8. The Balaban J connectivity index is 1.37. The number of hydrogen-bond acceptors (Lipinski definition) is 5. The van der Waals surface area contributed by atoms with E-state index in [4.69, 9.17) is 9.72 Å². The lowest BCUT2D eigenvalue weighted by Gasteiger charge is -2.31. The summed E-state index contributed by atoms with van der Waals surface area (Å²) in [5.74, 6) is 1.19. The number of imidazole rings is 1. The van der Waals surface area contributed by atoms with Crippen LogP contribution in [0.3, 0.4) is 0 Å². The SMILES string of the molecule is COCCNS(=O)(=O)c1ccc(C(=O)N2CCC(c3nc4ccccc4[nH]3)CC2)cc1. The molecule has 9 heteroatoms. The molecule has 0 aliphatic carbocycles. The van der Waals surface area contributed by atoms with Gasteiger partial charge in [-0.1, -0.05) is 12.1 Å². The highest BCUT2D eigenvalue weighted by Gasteiger charge is 2.26. The lowest BCUT2D eigenvalue weighted by Crippen LogP contribution is -2.38. The number of hydrogen-bond donors (Lipinski definition) is 2. The van der Waals surface area contributed by atoms with Crippen molar-refractivity contribution in [1.29, 1.82) is 0 Å². The van der Waals surface area contributed by atoms with E-state index in [1.165, 1.54) is 19.2 Å². The van der Waals surface area contributed by atoms with Crippen LogP contribution in [0, 0.1) is 0 Å². The number of sulfonamides is 1. The van der Waals surface area contributed by atoms with Crippen molar-refractivity contribution < 1.29 is 17.9 Å². The third-order valence-corrected chi connectivity index (χ3v) is 7.06. The van der Waals surface area contributed by atoms with Crippen molar-refractivity contribution in [1.82, 2.24) is 19.6 Å². The third-order valence-electron chi connectivity index (χ3n) is 5.59. The van der Waals surface area contributed by atoms with Gasteiger partial charge in [-0.3, -0.25) is 4.79 Å². The minimum absolute atomic E-state index is 0.0839. The quantitative estimate of drug-likeness (QED) is 0.547. The van der Waals surface area contributed by atoms with Crippen LogP contribution in [0.5, 0.6) is 0 Å². The van der Waals surface area contributed by atoms with E-state index in [0.717, 1.165) is 29.7 Å². The fraction of sp³-hybridized carbons (Fsp3) is 0.364. The number of nitrogens with zero attached hydrogens (tertiary/aromatic N) is 2. The van der Waals surface area contributed by atoms with E-state index in [1.54, 1.807) is 12.1 Å². The van der Waals surface area contributed by atoms with Crippen molar-refractivity contribution in [2.24, 2.45) is 0 Å². The summed E-state index contributed by atoms with van der Waals surface area (Å²) in [4.78, 5) is 22.9. The summed E-state index contributed by atoms with van der Waals surface area (Å²) in [7, 11) is -2.11. The Labute approximate surface area is 181 Å². The molecule has 0 atom stereocenters. The summed E-state index contributed by atoms with van der Waals surface area (Å²) in [5.41, 5.74) is 2.48. The van der Waals surface area contributed by atoms with Crippen LogP contribution < -0.4 is 4.72 Å². The summed E-state index contributed by atoms with van der Waals surface area (Å²) in [6.45, 7) is 1.76. The maximum atomic E-state index is 12.9. The van der Waals surface area contributed by atoms with Gasteiger partial charge in [0.25, 0.3) is 5.91 Å². The maximum absolute atomic E-state index is 12.9. The molecule has 4 rings (SSSR count). The van der Waals surface area contributed by atoms with Gasteiger partial charge < -0.3 is 14.6 Å². The summed E-state index contributed by atoms with van der Waals surface area (Å²) >= 11 is 0. The lowest BCUT2D eigenvalue weighted by molar-refractivity contribution is 0.0711. The van der Waals surface area contributed by atoms with Gasteiger partial charge in [-0.05, 0) is 49.2 Å². The van der Waals surface area contributed by atoms with Gasteiger partial charge in [-0.25, -0.2) is 18.1 Å². The number of benzene rings is 2. The average Bonchev–Trinajstić information content (AvgIpc) is 3.23. The van der Waals surface area contributed by atoms with E-state index in [2.05, 4.69) is 9.71 Å². The zero-order valence-electron chi connectivity index (χ0n) is 17.4. The molecule has 1 aliphatic heterocycles. The molecule has 2 heterocycles. The molecule has 164 valence electrons. The molecule has 31 heavy (non-hydrogen) atoms. The highest BCUT2D eigenvalue weighted by Crippen LogP contribution is 2.28. The largest absolute Gasteiger partial charge is 0.383 e. The number of carbonyl (C=O) groups excluding carboxylic acids is 1. The molecule has 0 unspecified atom stereocenters. The fourth-order valence-corrected chi connectivity index (χ4v) is 4.86. The number of carbonyl (C=O) groups is 1. The maximum Gasteiger partial charge on any atom is 0.253 e. The zero-order chi connectivity index (χ0) is 21.8. The molecule has 0 radical (unpaired) electrons. The number of fused-ring (bicyclic) bond motifs is 1. The molecule has 0 spiro atoms. The van der Waals surface area contributed by atoms with Gasteiger partial charge in [0.1, 0.15) is 5.82 Å². The monoisotopic (exact) mass is 442 g/mol. The highest BCUT2D eigenvalue weighted by molar-refractivity contribution is 7.89. The summed E-state index contributed by atoms with van der Waals surface area (Å²) in [6.07, 6.45) is 1.67. The second-order valence-electron chi connectivity index (χ2n) is 7.62. The van der Waals surface area contributed by atoms with Gasteiger partial charge in [-0.15, -0.1) is 0 Å². The Morgan fingerprint density at radius 2 is 1.87 bits per heavy atom. The van der Waals surface area contributed by atoms with Crippen molar-refractivity contribution in [2.45, 2.75) is 23.7 Å². The van der Waals surface area contributed by atoms with Crippen LogP contribution in [-0.2, 0) is 14.8 Å². The number of likely N-dealkylation sites (tertiary alicyclic amines) is 1. The average molecular weight is 443 g/mol. The Morgan fingerprint density at radius 1 is 1.16 bits per heavy atom. The van der Waals surface area contributed by atoms with Crippen LogP contribution in [0.4, 0.5) is 0 Å². The predicted molar refractivity (Wildman–Crippen MR) is 117 cm³/mol. The topological polar surface area (TPSA) is 104 Å². The number of amides is 1. The van der Waals surface area contributed by atoms with Crippen molar-refractivity contribution in [3.05, 3.63) is 59.9 Å². The zero-order valence-corrected chi connectivity index (χ0v) is 18.2. The van der Waals surface area contributed by atoms with Gasteiger partial charge >= 0.3 is 0 Å². The van der Waals surface area contributed by atoms with Crippen molar-refractivity contribution in [3.8, 4) is 0 Å². The molecule has 8 nitrogen and oxygen atoms in total. The highest BCUT2D eigenvalue weighted by atomic mass is 32.2. The molecule has 1 saturated heterocycles. The fourth-order valence-electron chi connectivity index (χ4n) is 3.84. The number of rotatable bonds is 7. The molecule has 2 aromatic carbocycles. The molecular weight excluding hydrogens is 416 g/mol. The van der Waals surface area contributed by atoms with E-state index in [1.807, 2.05) is 29.2 Å². The Hall–Kier alpha value is -2.75. The summed E-state index contributed by atoms with van der Waals surface area (Å²) in [6, 6.07) is 14.0. The molecule has 1 aliphatic rings. The summed E-state index contributed by atoms with van der Waals surface area (Å²) in [5, 5.41) is 0. The normalized spacial score (nSPS) is 15.5. The number of para-hydroxylation sites is 2. The molecular formula is C22H26N4O4S. The molecule has 1 aromatic heterocycles. The molecule has 0 saturated carbocycles. The first-order valence-electron chi connectivity index (χ1n) is 10.3. The van der Waals surface area contributed by atoms with Crippen LogP contribution in [0.15, 0.2) is 53.4 Å². The van der Waals surface area contributed by atoms with Crippen LogP contribution in [0.25, 0.3) is 11.0 Å². The number of H-pyrrole nitrogens is 1. The predicted octanol–water partition coefficient (Wildman–Crippen LogP) is 2.51. The lowest BCUT2D eigenvalue weighted by atomic mass is 9.95.